The molecule has 2 amide bonds. The molecular formula is C25H34N5NaO4S. The summed E-state index contributed by atoms with van der Waals surface area (Å²) in [5, 5.41) is 2.92. The van der Waals surface area contributed by atoms with Crippen LogP contribution in [-0.2, 0) is 40.6 Å². The second-order valence-electron chi connectivity index (χ2n) is 9.89. The number of nitrogens with one attached hydrogen (secondary N) is 2. The van der Waals surface area contributed by atoms with Crippen molar-refractivity contribution in [2.24, 2.45) is 0 Å². The second kappa shape index (κ2) is 11.3. The van der Waals surface area contributed by atoms with Gasteiger partial charge in [-0.15, -0.1) is 0 Å². The first-order valence-corrected chi connectivity index (χ1v) is 14.0. The zero-order valence-corrected chi connectivity index (χ0v) is 21.2. The molecule has 11 heteroatoms. The number of fused-ring (bicyclic) bond motifs is 2. The van der Waals surface area contributed by atoms with Gasteiger partial charge in [0.05, 0.1) is 24.1 Å². The number of hydrogen-bond donors (Lipinski definition) is 2. The molecule has 1 aromatic heterocycles. The predicted molar refractivity (Wildman–Crippen MR) is 141 cm³/mol. The molecule has 5 rings (SSSR count). The summed E-state index contributed by atoms with van der Waals surface area (Å²) in [5.41, 5.74) is 5.99. The average Bonchev–Trinajstić information content (AvgIpc) is 3.49. The number of urea groups is 1. The predicted octanol–water partition coefficient (Wildman–Crippen LogP) is 2.98. The van der Waals surface area contributed by atoms with Crippen molar-refractivity contribution < 1.29 is 17.9 Å². The van der Waals surface area contributed by atoms with Gasteiger partial charge in [0.25, 0.3) is 0 Å². The van der Waals surface area contributed by atoms with Gasteiger partial charge in [0.1, 0.15) is 5.82 Å². The monoisotopic (exact) mass is 523 g/mol. The molecular weight excluding hydrogens is 489 g/mol. The fourth-order valence-corrected chi connectivity index (χ4v) is 6.84. The molecule has 2 aliphatic carbocycles. The van der Waals surface area contributed by atoms with Gasteiger partial charge in [0, 0.05) is 24.8 Å². The molecule has 0 radical (unpaired) electrons. The molecule has 36 heavy (non-hydrogen) atoms. The van der Waals surface area contributed by atoms with Crippen molar-refractivity contribution in [3.63, 3.8) is 0 Å². The third-order valence-electron chi connectivity index (χ3n) is 7.14. The first-order chi connectivity index (χ1) is 16.8. The number of carbonyl (C=O) groups excluding carboxylic acids is 1. The maximum atomic E-state index is 13.6. The van der Waals surface area contributed by atoms with Crippen LogP contribution in [0.4, 0.5) is 16.2 Å². The normalized spacial score (nSPS) is 17.3. The Kier molecular flexibility index (Phi) is 8.61. The number of nitrogens with zero attached hydrogens (tertiary/aromatic N) is 3. The molecule has 1 saturated heterocycles. The Morgan fingerprint density at radius 1 is 1.03 bits per heavy atom. The number of ether oxygens (including phenoxy) is 1. The van der Waals surface area contributed by atoms with Crippen LogP contribution < -0.4 is 14.3 Å². The number of aromatic nitrogens is 2. The molecule has 0 bridgehead atoms. The van der Waals surface area contributed by atoms with Crippen molar-refractivity contribution >= 4 is 57.2 Å². The number of amides is 2. The van der Waals surface area contributed by atoms with Crippen LogP contribution >= 0.6 is 0 Å². The first-order valence-electron chi connectivity index (χ1n) is 12.5. The van der Waals surface area contributed by atoms with E-state index in [4.69, 9.17) is 4.74 Å². The Bertz CT molecular complexity index is 1180. The van der Waals surface area contributed by atoms with Crippen molar-refractivity contribution in [3.8, 4) is 0 Å². The third-order valence-corrected chi connectivity index (χ3v) is 8.61. The fourth-order valence-electron chi connectivity index (χ4n) is 5.48. The summed E-state index contributed by atoms with van der Waals surface area (Å²) in [6.07, 6.45) is 9.99. The molecule has 9 nitrogen and oxygen atoms in total. The summed E-state index contributed by atoms with van der Waals surface area (Å²) in [7, 11) is -4.22. The average molecular weight is 524 g/mol. The van der Waals surface area contributed by atoms with E-state index in [0.717, 1.165) is 55.3 Å². The zero-order valence-electron chi connectivity index (χ0n) is 20.3. The van der Waals surface area contributed by atoms with Gasteiger partial charge >= 0.3 is 45.8 Å². The van der Waals surface area contributed by atoms with E-state index < -0.39 is 16.2 Å². The van der Waals surface area contributed by atoms with E-state index in [-0.39, 0.29) is 41.5 Å². The number of carbonyl (C=O) groups is 1. The molecule has 0 atom stereocenters. The van der Waals surface area contributed by atoms with E-state index in [2.05, 4.69) is 26.1 Å². The fraction of sp³-hybridized carbons (Fsp3) is 0.560. The minimum absolute atomic E-state index is 0. The zero-order chi connectivity index (χ0) is 24.6. The quantitative estimate of drug-likeness (QED) is 0.563. The molecule has 0 unspecified atom stereocenters. The molecule has 190 valence electrons. The van der Waals surface area contributed by atoms with Crippen LogP contribution in [0, 0.1) is 0 Å². The van der Waals surface area contributed by atoms with E-state index in [1.807, 2.05) is 13.8 Å². The second-order valence-corrected chi connectivity index (χ2v) is 11.4. The van der Waals surface area contributed by atoms with Gasteiger partial charge in [-0.3, -0.25) is 0 Å². The summed E-state index contributed by atoms with van der Waals surface area (Å²) >= 11 is 0. The van der Waals surface area contributed by atoms with Crippen LogP contribution in [0.2, 0.25) is 0 Å². The molecule has 3 aliphatic rings. The summed E-state index contributed by atoms with van der Waals surface area (Å²) in [4.78, 5) is 21.8. The Morgan fingerprint density at radius 2 is 1.61 bits per heavy atom. The molecule has 2 heterocycles. The van der Waals surface area contributed by atoms with Crippen LogP contribution in [-0.4, -0.2) is 73.2 Å². The Labute approximate surface area is 235 Å². The Hall–Kier alpha value is -1.72. The summed E-state index contributed by atoms with van der Waals surface area (Å²) < 4.78 is 36.1. The van der Waals surface area contributed by atoms with Gasteiger partial charge in [-0.25, -0.2) is 23.8 Å². The summed E-state index contributed by atoms with van der Waals surface area (Å²) in [6, 6.07) is 1.18. The summed E-state index contributed by atoms with van der Waals surface area (Å²) in [5.74, 6) is 0.756. The third kappa shape index (κ3) is 5.57. The van der Waals surface area contributed by atoms with E-state index in [1.54, 1.807) is 0 Å². The van der Waals surface area contributed by atoms with Gasteiger partial charge in [-0.05, 0) is 73.6 Å². The van der Waals surface area contributed by atoms with Crippen LogP contribution in [0.3, 0.4) is 0 Å². The van der Waals surface area contributed by atoms with Gasteiger partial charge < -0.3 is 10.1 Å². The van der Waals surface area contributed by atoms with Crippen molar-refractivity contribution in [2.75, 3.05) is 22.8 Å². The van der Waals surface area contributed by atoms with E-state index in [0.29, 0.717) is 37.6 Å². The van der Waals surface area contributed by atoms with Crippen molar-refractivity contribution in [1.82, 2.24) is 14.7 Å². The van der Waals surface area contributed by atoms with Crippen molar-refractivity contribution in [2.45, 2.75) is 77.2 Å². The standard InChI is InChI=1S/C25H33N5O4S.Na.H/c1-16(2)24-26-14-20(15-27-24)30(19-9-11-34-12-10-19)35(32,33)29-25(31)28-23-21-7-3-5-17(21)13-18-6-4-8-22(18)23;;/h13-16,19H,3-12H2,1-2H3,(H2,28,29,31);;. The van der Waals surface area contributed by atoms with Crippen LogP contribution in [0.1, 0.15) is 73.5 Å². The van der Waals surface area contributed by atoms with Gasteiger partial charge in [-0.1, -0.05) is 19.9 Å². The molecule has 2 aromatic rings. The molecule has 1 aliphatic heterocycles. The maximum absolute atomic E-state index is 13.6. The van der Waals surface area contributed by atoms with E-state index in [9.17, 15) is 13.2 Å². The number of rotatable bonds is 6. The SMILES string of the molecule is CC(C)c1ncc(N(C2CCOCC2)S(=O)(=O)NC(=O)Nc2c3c(cc4c2CCC4)CCC3)cn1.[NaH]. The first kappa shape index (κ1) is 27.3. The Morgan fingerprint density at radius 3 is 2.17 bits per heavy atom. The molecule has 2 N–H and O–H groups in total. The number of anilines is 2. The number of hydrogen-bond acceptors (Lipinski definition) is 6. The van der Waals surface area contributed by atoms with E-state index in [1.165, 1.54) is 27.8 Å². The Balaban J connectivity index is 0.00000304. The van der Waals surface area contributed by atoms with Crippen molar-refractivity contribution in [1.29, 1.82) is 0 Å². The van der Waals surface area contributed by atoms with Crippen LogP contribution in [0.5, 0.6) is 0 Å². The van der Waals surface area contributed by atoms with E-state index >= 15 is 0 Å². The molecule has 1 fully saturated rings. The van der Waals surface area contributed by atoms with Crippen molar-refractivity contribution in [3.05, 3.63) is 46.5 Å². The van der Waals surface area contributed by atoms with Crippen LogP contribution in [0.15, 0.2) is 18.5 Å². The minimum atomic E-state index is -4.22. The topological polar surface area (TPSA) is 114 Å². The summed E-state index contributed by atoms with van der Waals surface area (Å²) in [6.45, 7) is 4.86. The van der Waals surface area contributed by atoms with Gasteiger partial charge in [0.15, 0.2) is 0 Å². The van der Waals surface area contributed by atoms with Gasteiger partial charge in [-0.2, -0.15) is 8.42 Å². The molecule has 0 saturated carbocycles. The molecule has 1 aromatic carbocycles. The van der Waals surface area contributed by atoms with Gasteiger partial charge in [0.2, 0.25) is 0 Å². The number of benzene rings is 1. The number of aryl methyl sites for hydroxylation is 2. The van der Waals surface area contributed by atoms with Crippen LogP contribution in [0.25, 0.3) is 0 Å². The molecule has 0 spiro atoms.